The first-order chi connectivity index (χ1) is 16.1. The second-order valence-electron chi connectivity index (χ2n) is 7.91. The molecule has 5 rings (SSSR count). The predicted molar refractivity (Wildman–Crippen MR) is 137 cm³/mol. The van der Waals surface area contributed by atoms with Crippen LogP contribution in [0.15, 0.2) is 78.9 Å². The van der Waals surface area contributed by atoms with E-state index in [-0.39, 0.29) is 5.91 Å². The molecule has 164 valence electrons. The second kappa shape index (κ2) is 9.26. The molecule has 2 N–H and O–H groups in total. The van der Waals surface area contributed by atoms with E-state index in [2.05, 4.69) is 34.6 Å². The molecule has 0 aliphatic heterocycles. The highest BCUT2D eigenvalue weighted by atomic mass is 35.5. The summed E-state index contributed by atoms with van der Waals surface area (Å²) in [7, 11) is 0. The van der Waals surface area contributed by atoms with Crippen molar-refractivity contribution >= 4 is 56.6 Å². The summed E-state index contributed by atoms with van der Waals surface area (Å²) >= 11 is 12.3. The highest BCUT2D eigenvalue weighted by molar-refractivity contribution is 6.39. The Morgan fingerprint density at radius 3 is 2.48 bits per heavy atom. The van der Waals surface area contributed by atoms with Crippen LogP contribution in [0.5, 0.6) is 0 Å². The van der Waals surface area contributed by atoms with E-state index < -0.39 is 0 Å². The Kier molecular flexibility index (Phi) is 6.03. The fourth-order valence-corrected chi connectivity index (χ4v) is 4.62. The molecule has 3 aromatic carbocycles. The number of rotatable bonds is 6. The number of H-pyrrole nitrogens is 1. The summed E-state index contributed by atoms with van der Waals surface area (Å²) < 4.78 is 0. The molecule has 1 amide bonds. The lowest BCUT2D eigenvalue weighted by molar-refractivity contribution is -0.116. The van der Waals surface area contributed by atoms with E-state index >= 15 is 0 Å². The molecule has 33 heavy (non-hydrogen) atoms. The number of nitrogens with zero attached hydrogens (tertiary/aromatic N) is 1. The minimum absolute atomic E-state index is 0.116. The zero-order chi connectivity index (χ0) is 22.8. The number of carbonyl (C=O) groups excluding carboxylic acids is 1. The van der Waals surface area contributed by atoms with Crippen LogP contribution in [0.1, 0.15) is 18.4 Å². The number of aromatic nitrogens is 2. The number of benzene rings is 3. The van der Waals surface area contributed by atoms with Crippen LogP contribution in [0.4, 0.5) is 5.69 Å². The van der Waals surface area contributed by atoms with E-state index in [9.17, 15) is 4.79 Å². The van der Waals surface area contributed by atoms with E-state index in [4.69, 9.17) is 28.2 Å². The van der Waals surface area contributed by atoms with E-state index in [1.807, 2.05) is 36.4 Å². The van der Waals surface area contributed by atoms with Crippen LogP contribution in [-0.4, -0.2) is 15.9 Å². The Hall–Kier alpha value is -3.34. The van der Waals surface area contributed by atoms with Crippen molar-refractivity contribution in [2.24, 2.45) is 0 Å². The van der Waals surface area contributed by atoms with Crippen molar-refractivity contribution in [1.29, 1.82) is 0 Å². The predicted octanol–water partition coefficient (Wildman–Crippen LogP) is 7.65. The van der Waals surface area contributed by atoms with Gasteiger partial charge in [0.2, 0.25) is 5.91 Å². The van der Waals surface area contributed by atoms with Gasteiger partial charge in [-0.2, -0.15) is 0 Å². The van der Waals surface area contributed by atoms with Gasteiger partial charge in [-0.05, 0) is 48.7 Å². The molecule has 0 saturated carbocycles. The van der Waals surface area contributed by atoms with Crippen molar-refractivity contribution in [3.8, 4) is 11.4 Å². The van der Waals surface area contributed by atoms with Crippen LogP contribution in [0.25, 0.3) is 33.2 Å². The molecule has 2 aromatic heterocycles. The Labute approximate surface area is 201 Å². The number of hydrogen-bond donors (Lipinski definition) is 2. The van der Waals surface area contributed by atoms with Crippen molar-refractivity contribution in [2.75, 3.05) is 5.32 Å². The fourth-order valence-electron chi connectivity index (χ4n) is 4.13. The summed E-state index contributed by atoms with van der Waals surface area (Å²) in [4.78, 5) is 21.0. The summed E-state index contributed by atoms with van der Waals surface area (Å²) in [5.74, 6) is -0.116. The molecule has 0 unspecified atom stereocenters. The summed E-state index contributed by atoms with van der Waals surface area (Å²) in [5, 5.41) is 5.95. The minimum Gasteiger partial charge on any atom is -0.353 e. The lowest BCUT2D eigenvalue weighted by Crippen LogP contribution is -2.12. The van der Waals surface area contributed by atoms with Crippen LogP contribution in [0.3, 0.4) is 0 Å². The van der Waals surface area contributed by atoms with Crippen molar-refractivity contribution in [1.82, 2.24) is 9.97 Å². The summed E-state index contributed by atoms with van der Waals surface area (Å²) in [6, 6.07) is 25.6. The average Bonchev–Trinajstić information content (AvgIpc) is 3.20. The fraction of sp³-hybridized carbons (Fsp3) is 0.111. The molecule has 0 aliphatic carbocycles. The number of amides is 1. The molecule has 2 heterocycles. The maximum absolute atomic E-state index is 12.6. The smallest absolute Gasteiger partial charge is 0.224 e. The van der Waals surface area contributed by atoms with Crippen molar-refractivity contribution in [3.05, 3.63) is 94.5 Å². The molecular weight excluding hydrogens is 453 g/mol. The van der Waals surface area contributed by atoms with Crippen LogP contribution in [0, 0.1) is 0 Å². The lowest BCUT2D eigenvalue weighted by atomic mass is 10.0. The number of aromatic amines is 1. The maximum Gasteiger partial charge on any atom is 0.224 e. The average molecular weight is 474 g/mol. The summed E-state index contributed by atoms with van der Waals surface area (Å²) in [6.45, 7) is 0. The monoisotopic (exact) mass is 473 g/mol. The Morgan fingerprint density at radius 2 is 1.64 bits per heavy atom. The van der Waals surface area contributed by atoms with E-state index in [1.165, 1.54) is 0 Å². The van der Waals surface area contributed by atoms with Crippen LogP contribution in [-0.2, 0) is 11.2 Å². The van der Waals surface area contributed by atoms with E-state index in [0.717, 1.165) is 45.2 Å². The molecular formula is C27H21Cl2N3O. The number of hydrogen-bond acceptors (Lipinski definition) is 2. The molecule has 0 saturated heterocycles. The summed E-state index contributed by atoms with van der Waals surface area (Å²) in [5.41, 5.74) is 5.53. The minimum atomic E-state index is -0.116. The quantitative estimate of drug-likeness (QED) is 0.266. The molecule has 0 spiro atoms. The van der Waals surface area contributed by atoms with Crippen molar-refractivity contribution in [2.45, 2.75) is 19.3 Å². The first-order valence-corrected chi connectivity index (χ1v) is 11.6. The molecule has 5 aromatic rings. The Balaban J connectivity index is 1.39. The van der Waals surface area contributed by atoms with Gasteiger partial charge in [0.15, 0.2) is 0 Å². The molecule has 0 atom stereocenters. The largest absolute Gasteiger partial charge is 0.353 e. The summed E-state index contributed by atoms with van der Waals surface area (Å²) in [6.07, 6.45) is 1.76. The van der Waals surface area contributed by atoms with Crippen LogP contribution in [0.2, 0.25) is 10.0 Å². The van der Waals surface area contributed by atoms with Gasteiger partial charge in [0, 0.05) is 22.7 Å². The van der Waals surface area contributed by atoms with Gasteiger partial charge in [0.1, 0.15) is 0 Å². The topological polar surface area (TPSA) is 57.8 Å². The number of aryl methyl sites for hydroxylation is 1. The van der Waals surface area contributed by atoms with E-state index in [1.54, 1.807) is 18.2 Å². The zero-order valence-corrected chi connectivity index (χ0v) is 19.3. The number of fused-ring (bicyclic) bond motifs is 2. The first-order valence-electron chi connectivity index (χ1n) is 10.8. The van der Waals surface area contributed by atoms with Gasteiger partial charge in [-0.1, -0.05) is 71.7 Å². The molecule has 0 fully saturated rings. The van der Waals surface area contributed by atoms with Gasteiger partial charge in [0.05, 0.1) is 32.6 Å². The molecule has 4 nitrogen and oxygen atoms in total. The number of pyridine rings is 1. The number of carbonyl (C=O) groups is 1. The van der Waals surface area contributed by atoms with Crippen molar-refractivity contribution < 1.29 is 4.79 Å². The molecule has 6 heteroatoms. The SMILES string of the molecule is O=C(CCCc1c(-c2ccc3ccccc3n2)[nH]c2ccccc12)Nc1c(Cl)cccc1Cl. The van der Waals surface area contributed by atoms with Gasteiger partial charge in [0.25, 0.3) is 0 Å². The third kappa shape index (κ3) is 4.45. The van der Waals surface area contributed by atoms with Gasteiger partial charge < -0.3 is 10.3 Å². The number of halogens is 2. The van der Waals surface area contributed by atoms with Crippen LogP contribution < -0.4 is 5.32 Å². The highest BCUT2D eigenvalue weighted by Gasteiger charge is 2.16. The normalized spacial score (nSPS) is 11.2. The van der Waals surface area contributed by atoms with Gasteiger partial charge in [-0.3, -0.25) is 4.79 Å². The molecule has 0 bridgehead atoms. The number of nitrogens with one attached hydrogen (secondary N) is 2. The molecule has 0 aliphatic rings. The first kappa shape index (κ1) is 21.5. The standard InChI is InChI=1S/C27H21Cl2N3O/c28-20-10-6-11-21(29)27(20)32-25(33)14-5-9-19-18-8-2-4-13-23(18)31-26(19)24-16-15-17-7-1-3-12-22(17)30-24/h1-4,6-8,10-13,15-16,31H,5,9,14H2,(H,32,33). The highest BCUT2D eigenvalue weighted by Crippen LogP contribution is 2.32. The third-order valence-corrected chi connectivity index (χ3v) is 6.36. The second-order valence-corrected chi connectivity index (χ2v) is 8.73. The van der Waals surface area contributed by atoms with Gasteiger partial charge >= 0.3 is 0 Å². The number of para-hydroxylation sites is 3. The Bertz CT molecular complexity index is 1460. The maximum atomic E-state index is 12.6. The Morgan fingerprint density at radius 1 is 0.879 bits per heavy atom. The third-order valence-electron chi connectivity index (χ3n) is 5.73. The van der Waals surface area contributed by atoms with E-state index in [0.29, 0.717) is 28.6 Å². The zero-order valence-electron chi connectivity index (χ0n) is 17.7. The van der Waals surface area contributed by atoms with Crippen molar-refractivity contribution in [3.63, 3.8) is 0 Å². The van der Waals surface area contributed by atoms with Gasteiger partial charge in [-0.25, -0.2) is 4.98 Å². The number of anilines is 1. The van der Waals surface area contributed by atoms with Gasteiger partial charge in [-0.15, -0.1) is 0 Å². The van der Waals surface area contributed by atoms with Crippen LogP contribution >= 0.6 is 23.2 Å². The molecule has 0 radical (unpaired) electrons. The lowest BCUT2D eigenvalue weighted by Gasteiger charge is -2.09.